The summed E-state index contributed by atoms with van der Waals surface area (Å²) < 4.78 is 0. The van der Waals surface area contributed by atoms with Crippen LogP contribution in [0.25, 0.3) is 0 Å². The maximum atomic E-state index is 10.5. The van der Waals surface area contributed by atoms with Gasteiger partial charge in [0.2, 0.25) is 0 Å². The van der Waals surface area contributed by atoms with E-state index in [0.29, 0.717) is 5.16 Å². The molecule has 0 heterocycles. The largest absolute Gasteiger partial charge is 0.432 e. The van der Waals surface area contributed by atoms with Gasteiger partial charge in [0.1, 0.15) is 0 Å². The Bertz CT molecular complexity index is 298. The molecule has 0 saturated heterocycles. The molecule has 106 valence electrons. The van der Waals surface area contributed by atoms with Gasteiger partial charge in [-0.2, -0.15) is 0 Å². The minimum Gasteiger partial charge on any atom is -0.432 e. The first-order chi connectivity index (χ1) is 7.94. The summed E-state index contributed by atoms with van der Waals surface area (Å²) in [7, 11) is -3.40. The SMILES string of the molecule is CC(C)=CCC/C(C)=C/C([Si](C)(C)C)[Si](C)(C)O. The fraction of sp³-hybridized carbons (Fsp3) is 0.733. The second-order valence-corrected chi connectivity index (χ2v) is 17.2. The van der Waals surface area contributed by atoms with E-state index in [1.165, 1.54) is 11.1 Å². The lowest BCUT2D eigenvalue weighted by atomic mass is 10.1. The van der Waals surface area contributed by atoms with Gasteiger partial charge in [-0.25, -0.2) is 0 Å². The number of hydrogen-bond donors (Lipinski definition) is 1. The maximum absolute atomic E-state index is 10.5. The average molecular weight is 285 g/mol. The van der Waals surface area contributed by atoms with Crippen molar-refractivity contribution in [3.63, 3.8) is 0 Å². The first kappa shape index (κ1) is 17.9. The van der Waals surface area contributed by atoms with Gasteiger partial charge in [0, 0.05) is 0 Å². The Balaban J connectivity index is 4.81. The molecule has 0 radical (unpaired) electrons. The van der Waals surface area contributed by atoms with Crippen LogP contribution in [-0.2, 0) is 0 Å². The van der Waals surface area contributed by atoms with Gasteiger partial charge in [-0.15, -0.1) is 0 Å². The second-order valence-electron chi connectivity index (χ2n) is 7.33. The summed E-state index contributed by atoms with van der Waals surface area (Å²) in [5, 5.41) is 0.455. The van der Waals surface area contributed by atoms with Gasteiger partial charge in [0.25, 0.3) is 0 Å². The minimum atomic E-state index is -2.08. The van der Waals surface area contributed by atoms with Crippen molar-refractivity contribution in [1.29, 1.82) is 0 Å². The van der Waals surface area contributed by atoms with Crippen LogP contribution < -0.4 is 0 Å². The molecule has 0 aromatic rings. The predicted molar refractivity (Wildman–Crippen MR) is 89.2 cm³/mol. The smallest absolute Gasteiger partial charge is 0.186 e. The van der Waals surface area contributed by atoms with Gasteiger partial charge in [-0.05, 0) is 51.9 Å². The van der Waals surface area contributed by atoms with E-state index in [2.05, 4.69) is 65.7 Å². The highest BCUT2D eigenvalue weighted by atomic mass is 28.4. The highest BCUT2D eigenvalue weighted by Crippen LogP contribution is 2.33. The Labute approximate surface area is 116 Å². The molecule has 0 aliphatic heterocycles. The van der Waals surface area contributed by atoms with Crippen LogP contribution in [0.15, 0.2) is 23.3 Å². The summed E-state index contributed by atoms with van der Waals surface area (Å²) in [6.45, 7) is 17.8. The third kappa shape index (κ3) is 7.34. The van der Waals surface area contributed by atoms with Crippen LogP contribution in [0.2, 0.25) is 37.9 Å². The molecular weight excluding hydrogens is 252 g/mol. The van der Waals surface area contributed by atoms with Crippen LogP contribution in [0.3, 0.4) is 0 Å². The quantitative estimate of drug-likeness (QED) is 0.530. The Morgan fingerprint density at radius 2 is 1.56 bits per heavy atom. The zero-order chi connectivity index (χ0) is 14.6. The molecule has 0 spiro atoms. The Morgan fingerprint density at radius 1 is 1.06 bits per heavy atom. The van der Waals surface area contributed by atoms with Crippen molar-refractivity contribution in [1.82, 2.24) is 0 Å². The van der Waals surface area contributed by atoms with Crippen molar-refractivity contribution in [2.24, 2.45) is 0 Å². The fourth-order valence-electron chi connectivity index (χ4n) is 2.47. The van der Waals surface area contributed by atoms with E-state index in [1.54, 1.807) is 0 Å². The van der Waals surface area contributed by atoms with Gasteiger partial charge in [-0.3, -0.25) is 0 Å². The topological polar surface area (TPSA) is 20.2 Å². The molecule has 3 heteroatoms. The lowest BCUT2D eigenvalue weighted by Crippen LogP contribution is -2.45. The van der Waals surface area contributed by atoms with Crippen molar-refractivity contribution < 1.29 is 4.80 Å². The molecule has 1 atom stereocenters. The molecular formula is C15H32OSi2. The van der Waals surface area contributed by atoms with E-state index in [4.69, 9.17) is 0 Å². The highest BCUT2D eigenvalue weighted by molar-refractivity contribution is 6.94. The zero-order valence-electron chi connectivity index (χ0n) is 13.6. The molecule has 0 aromatic heterocycles. The number of rotatable bonds is 6. The Kier molecular flexibility index (Phi) is 6.82. The van der Waals surface area contributed by atoms with E-state index < -0.39 is 16.4 Å². The lowest BCUT2D eigenvalue weighted by Gasteiger charge is -2.34. The Hall–Kier alpha value is -0.126. The molecule has 0 rings (SSSR count). The summed E-state index contributed by atoms with van der Waals surface area (Å²) in [5.41, 5.74) is 2.83. The van der Waals surface area contributed by atoms with Gasteiger partial charge >= 0.3 is 0 Å². The molecule has 0 amide bonds. The summed E-state index contributed by atoms with van der Waals surface area (Å²) in [5.74, 6) is 0. The molecule has 1 N–H and O–H groups in total. The van der Waals surface area contributed by atoms with Crippen LogP contribution in [0.1, 0.15) is 33.6 Å². The van der Waals surface area contributed by atoms with E-state index in [1.807, 2.05) is 0 Å². The second kappa shape index (κ2) is 6.87. The number of allylic oxidation sites excluding steroid dienone is 4. The highest BCUT2D eigenvalue weighted by Gasteiger charge is 2.38. The van der Waals surface area contributed by atoms with Crippen LogP contribution >= 0.6 is 0 Å². The van der Waals surface area contributed by atoms with E-state index in [9.17, 15) is 4.80 Å². The number of hydrogen-bond acceptors (Lipinski definition) is 1. The zero-order valence-corrected chi connectivity index (χ0v) is 15.6. The fourth-order valence-corrected chi connectivity index (χ4v) is 12.4. The molecule has 0 aliphatic rings. The summed E-state index contributed by atoms with van der Waals surface area (Å²) in [6, 6.07) is 0. The van der Waals surface area contributed by atoms with Crippen LogP contribution in [0.5, 0.6) is 0 Å². The van der Waals surface area contributed by atoms with Gasteiger partial charge in [0.05, 0.1) is 8.07 Å². The Morgan fingerprint density at radius 3 is 1.89 bits per heavy atom. The van der Waals surface area contributed by atoms with E-state index in [0.717, 1.165) is 12.8 Å². The molecule has 0 aliphatic carbocycles. The third-order valence-corrected chi connectivity index (χ3v) is 11.7. The lowest BCUT2D eigenvalue weighted by molar-refractivity contribution is 0.548. The third-order valence-electron chi connectivity index (χ3n) is 3.24. The standard InChI is InChI=1S/C15H32OSi2/c1-13(2)10-9-11-14(3)12-15(17(4,5)6)18(7,8)16/h10,12,15-16H,9,11H2,1-8H3/b14-12+. The molecule has 0 saturated carbocycles. The van der Waals surface area contributed by atoms with Crippen molar-refractivity contribution in [2.75, 3.05) is 0 Å². The monoisotopic (exact) mass is 284 g/mol. The first-order valence-corrected chi connectivity index (χ1v) is 13.6. The summed E-state index contributed by atoms with van der Waals surface area (Å²) in [4.78, 5) is 10.5. The molecule has 1 nitrogen and oxygen atoms in total. The maximum Gasteiger partial charge on any atom is 0.186 e. The first-order valence-electron chi connectivity index (χ1n) is 6.97. The van der Waals surface area contributed by atoms with Gasteiger partial charge in [0.15, 0.2) is 8.32 Å². The van der Waals surface area contributed by atoms with Gasteiger partial charge in [-0.1, -0.05) is 42.9 Å². The van der Waals surface area contributed by atoms with Crippen LogP contribution in [0.4, 0.5) is 0 Å². The molecule has 0 aromatic carbocycles. The van der Waals surface area contributed by atoms with Crippen molar-refractivity contribution >= 4 is 16.4 Å². The average Bonchev–Trinajstić information content (AvgIpc) is 2.09. The normalized spacial score (nSPS) is 15.5. The van der Waals surface area contributed by atoms with Crippen molar-refractivity contribution in [3.05, 3.63) is 23.3 Å². The molecule has 0 fully saturated rings. The molecule has 1 unspecified atom stereocenters. The van der Waals surface area contributed by atoms with Crippen molar-refractivity contribution in [3.8, 4) is 0 Å². The molecule has 0 bridgehead atoms. The summed E-state index contributed by atoms with van der Waals surface area (Å²) >= 11 is 0. The van der Waals surface area contributed by atoms with Gasteiger partial charge < -0.3 is 4.80 Å². The van der Waals surface area contributed by atoms with Crippen LogP contribution in [0, 0.1) is 0 Å². The molecule has 18 heavy (non-hydrogen) atoms. The van der Waals surface area contributed by atoms with E-state index >= 15 is 0 Å². The predicted octanol–water partition coefficient (Wildman–Crippen LogP) is 5.12. The summed E-state index contributed by atoms with van der Waals surface area (Å²) in [6.07, 6.45) is 6.92. The van der Waals surface area contributed by atoms with E-state index in [-0.39, 0.29) is 0 Å². The van der Waals surface area contributed by atoms with Crippen LogP contribution in [-0.4, -0.2) is 21.2 Å². The van der Waals surface area contributed by atoms with Crippen molar-refractivity contribution in [2.45, 2.75) is 71.5 Å². The minimum absolute atomic E-state index is 0.455.